The summed E-state index contributed by atoms with van der Waals surface area (Å²) in [6.07, 6.45) is 5.15. The van der Waals surface area contributed by atoms with Crippen LogP contribution in [0, 0.1) is 6.92 Å². The number of aryl methyl sites for hydroxylation is 2. The minimum atomic E-state index is -1.06. The van der Waals surface area contributed by atoms with Gasteiger partial charge in [0, 0.05) is 12.6 Å². The first-order chi connectivity index (χ1) is 10.6. The van der Waals surface area contributed by atoms with E-state index in [2.05, 4.69) is 15.5 Å². The standard InChI is InChI=1S/C16H19N3O3/c1-11-4-2-6-13(8-11)15(16(21)22)19-14(20)7-3-5-12-9-17-18-10-12/h2,4,6,8-10,15H,3,5,7H2,1H3,(H,17,18)(H,19,20)(H,21,22)/t15-/m1/s1. The maximum Gasteiger partial charge on any atom is 0.330 e. The highest BCUT2D eigenvalue weighted by molar-refractivity contribution is 5.84. The van der Waals surface area contributed by atoms with Crippen LogP contribution in [0.1, 0.15) is 35.6 Å². The fourth-order valence-electron chi connectivity index (χ4n) is 2.24. The van der Waals surface area contributed by atoms with E-state index < -0.39 is 12.0 Å². The number of carbonyl (C=O) groups excluding carboxylic acids is 1. The van der Waals surface area contributed by atoms with E-state index in [0.717, 1.165) is 17.5 Å². The first-order valence-electron chi connectivity index (χ1n) is 7.12. The summed E-state index contributed by atoms with van der Waals surface area (Å²) in [4.78, 5) is 23.3. The molecule has 1 heterocycles. The van der Waals surface area contributed by atoms with Crippen molar-refractivity contribution in [3.8, 4) is 0 Å². The van der Waals surface area contributed by atoms with Gasteiger partial charge in [-0.15, -0.1) is 0 Å². The van der Waals surface area contributed by atoms with Crippen LogP contribution in [0.3, 0.4) is 0 Å². The van der Waals surface area contributed by atoms with Gasteiger partial charge in [0.05, 0.1) is 6.20 Å². The zero-order valence-electron chi connectivity index (χ0n) is 12.4. The summed E-state index contributed by atoms with van der Waals surface area (Å²) in [5, 5.41) is 18.4. The number of rotatable bonds is 7. The molecule has 0 aliphatic carbocycles. The number of hydrogen-bond acceptors (Lipinski definition) is 3. The van der Waals surface area contributed by atoms with Gasteiger partial charge in [0.1, 0.15) is 0 Å². The van der Waals surface area contributed by atoms with E-state index in [-0.39, 0.29) is 12.3 Å². The molecule has 0 aliphatic heterocycles. The molecule has 1 aromatic carbocycles. The Hall–Kier alpha value is -2.63. The molecule has 6 heteroatoms. The summed E-state index contributed by atoms with van der Waals surface area (Å²) in [7, 11) is 0. The van der Waals surface area contributed by atoms with Crippen molar-refractivity contribution >= 4 is 11.9 Å². The fraction of sp³-hybridized carbons (Fsp3) is 0.312. The number of carboxylic acids is 1. The molecule has 0 bridgehead atoms. The van der Waals surface area contributed by atoms with E-state index in [1.54, 1.807) is 30.6 Å². The smallest absolute Gasteiger partial charge is 0.330 e. The van der Waals surface area contributed by atoms with Gasteiger partial charge < -0.3 is 10.4 Å². The number of carboxylic acid groups (broad SMARTS) is 1. The van der Waals surface area contributed by atoms with Crippen LogP contribution in [-0.4, -0.2) is 27.2 Å². The van der Waals surface area contributed by atoms with Gasteiger partial charge in [-0.1, -0.05) is 29.8 Å². The molecule has 0 radical (unpaired) electrons. The molecule has 0 spiro atoms. The van der Waals surface area contributed by atoms with Crippen LogP contribution in [0.5, 0.6) is 0 Å². The fourth-order valence-corrected chi connectivity index (χ4v) is 2.24. The Labute approximate surface area is 128 Å². The highest BCUT2D eigenvalue weighted by atomic mass is 16.4. The number of benzene rings is 1. The number of aliphatic carboxylic acids is 1. The van der Waals surface area contributed by atoms with Gasteiger partial charge in [-0.2, -0.15) is 5.10 Å². The van der Waals surface area contributed by atoms with Crippen molar-refractivity contribution in [2.24, 2.45) is 0 Å². The van der Waals surface area contributed by atoms with E-state index in [0.29, 0.717) is 12.0 Å². The molecule has 0 aliphatic rings. The lowest BCUT2D eigenvalue weighted by Gasteiger charge is -2.15. The van der Waals surface area contributed by atoms with Crippen LogP contribution in [0.15, 0.2) is 36.7 Å². The Morgan fingerprint density at radius 1 is 1.41 bits per heavy atom. The number of carbonyl (C=O) groups is 2. The van der Waals surface area contributed by atoms with Crippen molar-refractivity contribution < 1.29 is 14.7 Å². The van der Waals surface area contributed by atoms with E-state index >= 15 is 0 Å². The molecule has 116 valence electrons. The number of amides is 1. The SMILES string of the molecule is Cc1cccc([C@@H](NC(=O)CCCc2cn[nH]c2)C(=O)O)c1. The molecule has 6 nitrogen and oxygen atoms in total. The minimum Gasteiger partial charge on any atom is -0.479 e. The topological polar surface area (TPSA) is 95.1 Å². The molecule has 2 aromatic rings. The van der Waals surface area contributed by atoms with Gasteiger partial charge in [0.25, 0.3) is 0 Å². The summed E-state index contributed by atoms with van der Waals surface area (Å²) >= 11 is 0. The number of nitrogens with zero attached hydrogens (tertiary/aromatic N) is 1. The Kier molecular flexibility index (Phi) is 5.30. The second-order valence-electron chi connectivity index (χ2n) is 5.21. The molecule has 1 amide bonds. The number of hydrogen-bond donors (Lipinski definition) is 3. The molecule has 0 unspecified atom stereocenters. The van der Waals surface area contributed by atoms with Crippen LogP contribution in [0.4, 0.5) is 0 Å². The second kappa shape index (κ2) is 7.40. The Bertz CT molecular complexity index is 638. The zero-order valence-corrected chi connectivity index (χ0v) is 12.4. The lowest BCUT2D eigenvalue weighted by atomic mass is 10.0. The predicted molar refractivity (Wildman–Crippen MR) is 81.2 cm³/mol. The molecule has 2 rings (SSSR count). The van der Waals surface area contributed by atoms with E-state index in [1.807, 2.05) is 13.0 Å². The first kappa shape index (κ1) is 15.8. The first-order valence-corrected chi connectivity index (χ1v) is 7.12. The molecule has 0 saturated heterocycles. The van der Waals surface area contributed by atoms with Gasteiger partial charge >= 0.3 is 5.97 Å². The van der Waals surface area contributed by atoms with Gasteiger partial charge in [0.15, 0.2) is 6.04 Å². The van der Waals surface area contributed by atoms with E-state index in [1.165, 1.54) is 0 Å². The van der Waals surface area contributed by atoms with Gasteiger partial charge in [-0.3, -0.25) is 9.89 Å². The monoisotopic (exact) mass is 301 g/mol. The average molecular weight is 301 g/mol. The highest BCUT2D eigenvalue weighted by Crippen LogP contribution is 2.15. The van der Waals surface area contributed by atoms with E-state index in [9.17, 15) is 14.7 Å². The van der Waals surface area contributed by atoms with Crippen molar-refractivity contribution in [1.29, 1.82) is 0 Å². The summed E-state index contributed by atoms with van der Waals surface area (Å²) in [6, 6.07) is 6.13. The molecule has 1 aromatic heterocycles. The lowest BCUT2D eigenvalue weighted by Crippen LogP contribution is -2.33. The summed E-state index contributed by atoms with van der Waals surface area (Å²) in [5.74, 6) is -1.33. The third-order valence-corrected chi connectivity index (χ3v) is 3.35. The highest BCUT2D eigenvalue weighted by Gasteiger charge is 2.21. The van der Waals surface area contributed by atoms with Crippen molar-refractivity contribution in [3.63, 3.8) is 0 Å². The molecular weight excluding hydrogens is 282 g/mol. The van der Waals surface area contributed by atoms with Gasteiger partial charge in [-0.25, -0.2) is 4.79 Å². The van der Waals surface area contributed by atoms with Crippen molar-refractivity contribution in [3.05, 3.63) is 53.3 Å². The van der Waals surface area contributed by atoms with Crippen LogP contribution >= 0.6 is 0 Å². The van der Waals surface area contributed by atoms with Crippen LogP contribution in [0.2, 0.25) is 0 Å². The third kappa shape index (κ3) is 4.44. The summed E-state index contributed by atoms with van der Waals surface area (Å²) in [5.41, 5.74) is 2.56. The number of H-pyrrole nitrogens is 1. The Morgan fingerprint density at radius 3 is 2.86 bits per heavy atom. The molecule has 0 fully saturated rings. The van der Waals surface area contributed by atoms with Crippen molar-refractivity contribution in [2.45, 2.75) is 32.2 Å². The Balaban J connectivity index is 1.90. The van der Waals surface area contributed by atoms with Gasteiger partial charge in [0.2, 0.25) is 5.91 Å². The summed E-state index contributed by atoms with van der Waals surface area (Å²) < 4.78 is 0. The minimum absolute atomic E-state index is 0.266. The molecule has 22 heavy (non-hydrogen) atoms. The largest absolute Gasteiger partial charge is 0.479 e. The third-order valence-electron chi connectivity index (χ3n) is 3.35. The van der Waals surface area contributed by atoms with Crippen LogP contribution < -0.4 is 5.32 Å². The zero-order chi connectivity index (χ0) is 15.9. The Morgan fingerprint density at radius 2 is 2.23 bits per heavy atom. The van der Waals surface area contributed by atoms with Crippen molar-refractivity contribution in [1.82, 2.24) is 15.5 Å². The lowest BCUT2D eigenvalue weighted by molar-refractivity contribution is -0.142. The van der Waals surface area contributed by atoms with Crippen molar-refractivity contribution in [2.75, 3.05) is 0 Å². The van der Waals surface area contributed by atoms with Crippen LogP contribution in [0.25, 0.3) is 0 Å². The number of aromatic amines is 1. The second-order valence-corrected chi connectivity index (χ2v) is 5.21. The molecule has 0 saturated carbocycles. The summed E-state index contributed by atoms with van der Waals surface area (Å²) in [6.45, 7) is 1.88. The molecule has 3 N–H and O–H groups in total. The van der Waals surface area contributed by atoms with Crippen LogP contribution in [-0.2, 0) is 16.0 Å². The quantitative estimate of drug-likeness (QED) is 0.728. The maximum absolute atomic E-state index is 11.9. The number of nitrogens with one attached hydrogen (secondary N) is 2. The predicted octanol–water partition coefficient (Wildman–Crippen LogP) is 1.98. The number of aromatic nitrogens is 2. The molecule has 1 atom stereocenters. The van der Waals surface area contributed by atoms with Gasteiger partial charge in [-0.05, 0) is 30.9 Å². The maximum atomic E-state index is 11.9. The molecular formula is C16H19N3O3. The average Bonchev–Trinajstić information content (AvgIpc) is 2.97. The normalized spacial score (nSPS) is 11.9. The van der Waals surface area contributed by atoms with E-state index in [4.69, 9.17) is 0 Å².